The monoisotopic (exact) mass is 312 g/mol. The van der Waals surface area contributed by atoms with E-state index in [0.29, 0.717) is 18.5 Å². The zero-order valence-electron chi connectivity index (χ0n) is 12.0. The third-order valence-electron chi connectivity index (χ3n) is 3.06. The van der Waals surface area contributed by atoms with Crippen LogP contribution in [0.3, 0.4) is 0 Å². The van der Waals surface area contributed by atoms with Gasteiger partial charge in [-0.1, -0.05) is 37.3 Å². The highest BCUT2D eigenvalue weighted by Crippen LogP contribution is 2.12. The molecule has 3 atom stereocenters. The van der Waals surface area contributed by atoms with Crippen molar-refractivity contribution in [2.24, 2.45) is 0 Å². The van der Waals surface area contributed by atoms with Crippen LogP contribution in [-0.2, 0) is 15.6 Å². The van der Waals surface area contributed by atoms with E-state index in [2.05, 4.69) is 10.6 Å². The van der Waals surface area contributed by atoms with Crippen LogP contribution in [0.25, 0.3) is 0 Å². The smallest absolute Gasteiger partial charge is 0.330 e. The lowest BCUT2D eigenvalue weighted by Crippen LogP contribution is -2.41. The first-order valence-corrected chi connectivity index (χ1v) is 8.18. The van der Waals surface area contributed by atoms with E-state index in [0.717, 1.165) is 0 Å². The number of carboxylic acid groups (broad SMARTS) is 1. The molecule has 6 nitrogen and oxygen atoms in total. The molecule has 7 heteroatoms. The van der Waals surface area contributed by atoms with Gasteiger partial charge in [-0.25, -0.2) is 9.59 Å². The minimum atomic E-state index is -1.13. The third-order valence-corrected chi connectivity index (χ3v) is 4.43. The molecule has 0 aliphatic rings. The maximum Gasteiger partial charge on any atom is 0.330 e. The van der Waals surface area contributed by atoms with Crippen LogP contribution >= 0.6 is 0 Å². The molecule has 0 radical (unpaired) electrons. The van der Waals surface area contributed by atoms with Gasteiger partial charge in [0.15, 0.2) is 6.04 Å². The molecular weight excluding hydrogens is 292 g/mol. The van der Waals surface area contributed by atoms with Gasteiger partial charge in [0.2, 0.25) is 0 Å². The first kappa shape index (κ1) is 17.2. The van der Waals surface area contributed by atoms with E-state index in [4.69, 9.17) is 0 Å². The molecule has 0 saturated carbocycles. The summed E-state index contributed by atoms with van der Waals surface area (Å²) in [5.41, 5.74) is 0.503. The summed E-state index contributed by atoms with van der Waals surface area (Å²) in [6, 6.07) is 6.83. The molecule has 0 fully saturated rings. The highest BCUT2D eigenvalue weighted by molar-refractivity contribution is 7.84. The summed E-state index contributed by atoms with van der Waals surface area (Å²) < 4.78 is 11.2. The molecule has 0 aliphatic heterocycles. The molecule has 0 heterocycles. The summed E-state index contributed by atoms with van der Waals surface area (Å²) in [6.07, 6.45) is 2.18. The SMILES string of the molecule is CC(CCNC(=O)NC(C(=O)O)c1ccccc1)S(C)=O. The molecule has 0 saturated heterocycles. The molecule has 0 spiro atoms. The van der Waals surface area contributed by atoms with Crippen molar-refractivity contribution in [1.29, 1.82) is 0 Å². The zero-order valence-corrected chi connectivity index (χ0v) is 12.9. The molecule has 21 heavy (non-hydrogen) atoms. The van der Waals surface area contributed by atoms with Gasteiger partial charge in [-0.05, 0) is 12.0 Å². The van der Waals surface area contributed by atoms with Gasteiger partial charge in [0.25, 0.3) is 0 Å². The number of carboxylic acids is 1. The Bertz CT molecular complexity index is 507. The molecule has 3 N–H and O–H groups in total. The zero-order chi connectivity index (χ0) is 15.8. The number of urea groups is 1. The van der Waals surface area contributed by atoms with Crippen molar-refractivity contribution in [2.75, 3.05) is 12.8 Å². The lowest BCUT2D eigenvalue weighted by atomic mass is 10.1. The van der Waals surface area contributed by atoms with E-state index in [1.165, 1.54) is 0 Å². The third kappa shape index (κ3) is 5.95. The van der Waals surface area contributed by atoms with E-state index in [1.807, 2.05) is 6.92 Å². The molecule has 1 aromatic rings. The molecule has 3 unspecified atom stereocenters. The number of carbonyl (C=O) groups is 2. The highest BCUT2D eigenvalue weighted by atomic mass is 32.2. The average molecular weight is 312 g/mol. The largest absolute Gasteiger partial charge is 0.479 e. The maximum absolute atomic E-state index is 11.7. The second kappa shape index (κ2) is 8.41. The average Bonchev–Trinajstić information content (AvgIpc) is 2.45. The van der Waals surface area contributed by atoms with Crippen molar-refractivity contribution in [3.63, 3.8) is 0 Å². The van der Waals surface area contributed by atoms with E-state index < -0.39 is 28.8 Å². The lowest BCUT2D eigenvalue weighted by Gasteiger charge is -2.16. The standard InChI is InChI=1S/C14H20N2O4S/c1-10(21(2)20)8-9-15-14(19)16-12(13(17)18)11-6-4-3-5-7-11/h3-7,10,12H,8-9H2,1-2H3,(H,17,18)(H2,15,16,19). The number of nitrogens with one attached hydrogen (secondary N) is 2. The molecular formula is C14H20N2O4S. The molecule has 1 rings (SSSR count). The summed E-state index contributed by atoms with van der Waals surface area (Å²) in [7, 11) is -0.939. The summed E-state index contributed by atoms with van der Waals surface area (Å²) in [6.45, 7) is 2.17. The molecule has 0 aromatic heterocycles. The Kier molecular flexibility index (Phi) is 6.87. The fourth-order valence-corrected chi connectivity index (χ4v) is 2.12. The summed E-state index contributed by atoms with van der Waals surface area (Å²) in [4.78, 5) is 22.9. The molecule has 2 amide bonds. The number of carbonyl (C=O) groups excluding carboxylic acids is 1. The number of hydrogen-bond donors (Lipinski definition) is 3. The van der Waals surface area contributed by atoms with Crippen molar-refractivity contribution in [3.8, 4) is 0 Å². The van der Waals surface area contributed by atoms with Crippen LogP contribution in [0.15, 0.2) is 30.3 Å². The van der Waals surface area contributed by atoms with Gasteiger partial charge in [0.1, 0.15) is 0 Å². The van der Waals surface area contributed by atoms with Gasteiger partial charge in [0.05, 0.1) is 0 Å². The summed E-state index contributed by atoms with van der Waals surface area (Å²) in [5.74, 6) is -1.13. The van der Waals surface area contributed by atoms with Crippen LogP contribution in [0.1, 0.15) is 24.9 Å². The molecule has 0 aliphatic carbocycles. The van der Waals surface area contributed by atoms with Crippen LogP contribution < -0.4 is 10.6 Å². The number of benzene rings is 1. The van der Waals surface area contributed by atoms with Gasteiger partial charge in [-0.15, -0.1) is 0 Å². The maximum atomic E-state index is 11.7. The molecule has 1 aromatic carbocycles. The fourth-order valence-electron chi connectivity index (χ4n) is 1.67. The van der Waals surface area contributed by atoms with Crippen molar-refractivity contribution < 1.29 is 18.9 Å². The van der Waals surface area contributed by atoms with E-state index in [-0.39, 0.29) is 5.25 Å². The van der Waals surface area contributed by atoms with Crippen LogP contribution in [-0.4, -0.2) is 39.4 Å². The van der Waals surface area contributed by atoms with Crippen molar-refractivity contribution in [3.05, 3.63) is 35.9 Å². The van der Waals surface area contributed by atoms with Crippen molar-refractivity contribution in [1.82, 2.24) is 10.6 Å². The van der Waals surface area contributed by atoms with Crippen LogP contribution in [0.4, 0.5) is 4.79 Å². The Morgan fingerprint density at radius 3 is 2.43 bits per heavy atom. The number of rotatable bonds is 7. The Labute approximate surface area is 126 Å². The molecule has 116 valence electrons. The number of amides is 2. The van der Waals surface area contributed by atoms with Gasteiger partial charge in [-0.2, -0.15) is 0 Å². The van der Waals surface area contributed by atoms with Crippen LogP contribution in [0, 0.1) is 0 Å². The quantitative estimate of drug-likeness (QED) is 0.706. The Hall–Kier alpha value is -1.89. The van der Waals surface area contributed by atoms with E-state index >= 15 is 0 Å². The minimum absolute atomic E-state index is 0.0188. The Balaban J connectivity index is 2.51. The van der Waals surface area contributed by atoms with Gasteiger partial charge in [-0.3, -0.25) is 4.21 Å². The molecule has 0 bridgehead atoms. The number of aliphatic carboxylic acids is 1. The highest BCUT2D eigenvalue weighted by Gasteiger charge is 2.21. The topological polar surface area (TPSA) is 95.5 Å². The lowest BCUT2D eigenvalue weighted by molar-refractivity contribution is -0.139. The van der Waals surface area contributed by atoms with Gasteiger partial charge in [0, 0.05) is 28.9 Å². The predicted octanol–water partition coefficient (Wildman–Crippen LogP) is 1.27. The predicted molar refractivity (Wildman–Crippen MR) is 81.5 cm³/mol. The van der Waals surface area contributed by atoms with Crippen LogP contribution in [0.2, 0.25) is 0 Å². The van der Waals surface area contributed by atoms with Gasteiger partial charge >= 0.3 is 12.0 Å². The first-order valence-electron chi connectivity index (χ1n) is 6.56. The van der Waals surface area contributed by atoms with E-state index in [1.54, 1.807) is 36.6 Å². The summed E-state index contributed by atoms with van der Waals surface area (Å²) in [5, 5.41) is 14.1. The van der Waals surface area contributed by atoms with E-state index in [9.17, 15) is 18.9 Å². The van der Waals surface area contributed by atoms with Crippen molar-refractivity contribution in [2.45, 2.75) is 24.6 Å². The minimum Gasteiger partial charge on any atom is -0.479 e. The van der Waals surface area contributed by atoms with Crippen LogP contribution in [0.5, 0.6) is 0 Å². The fraction of sp³-hybridized carbons (Fsp3) is 0.429. The first-order chi connectivity index (χ1) is 9.91. The second-order valence-corrected chi connectivity index (χ2v) is 6.48. The Morgan fingerprint density at radius 2 is 1.90 bits per heavy atom. The number of hydrogen-bond acceptors (Lipinski definition) is 3. The Morgan fingerprint density at radius 1 is 1.29 bits per heavy atom. The summed E-state index contributed by atoms with van der Waals surface area (Å²) >= 11 is 0. The van der Waals surface area contributed by atoms with Gasteiger partial charge < -0.3 is 15.7 Å². The second-order valence-electron chi connectivity index (χ2n) is 4.68. The van der Waals surface area contributed by atoms with Crippen molar-refractivity contribution >= 4 is 22.8 Å². The normalized spacial score (nSPS) is 14.8.